The first kappa shape index (κ1) is 13.5. The first-order chi connectivity index (χ1) is 9.00. The van der Waals surface area contributed by atoms with Crippen molar-refractivity contribution in [2.45, 2.75) is 20.4 Å². The summed E-state index contributed by atoms with van der Waals surface area (Å²) < 4.78 is 18.5. The molecule has 0 saturated heterocycles. The van der Waals surface area contributed by atoms with Crippen LogP contribution in [-0.2, 0) is 6.54 Å². The van der Waals surface area contributed by atoms with E-state index in [0.717, 1.165) is 5.56 Å². The van der Waals surface area contributed by atoms with Gasteiger partial charge in [-0.1, -0.05) is 22.8 Å². The summed E-state index contributed by atoms with van der Waals surface area (Å²) in [5.74, 6) is -0.593. The quantitative estimate of drug-likeness (QED) is 0.941. The molecule has 0 aliphatic heterocycles. The van der Waals surface area contributed by atoms with Crippen LogP contribution in [0.3, 0.4) is 0 Å². The van der Waals surface area contributed by atoms with Gasteiger partial charge in [-0.15, -0.1) is 0 Å². The molecule has 2 rings (SSSR count). The molecule has 0 unspecified atom stereocenters. The molecule has 0 spiro atoms. The van der Waals surface area contributed by atoms with Crippen LogP contribution < -0.4 is 5.32 Å². The fraction of sp³-hybridized carbons (Fsp3) is 0.231. The van der Waals surface area contributed by atoms with Crippen LogP contribution in [0.5, 0.6) is 0 Å². The third-order valence-corrected chi connectivity index (χ3v) is 3.11. The van der Waals surface area contributed by atoms with Crippen molar-refractivity contribution in [2.75, 3.05) is 0 Å². The Labute approximate surface area is 114 Å². The molecule has 0 radical (unpaired) electrons. The van der Waals surface area contributed by atoms with Crippen LogP contribution in [0.4, 0.5) is 4.39 Å². The van der Waals surface area contributed by atoms with E-state index in [1.165, 1.54) is 18.2 Å². The lowest BCUT2D eigenvalue weighted by molar-refractivity contribution is 0.0947. The molecule has 1 aromatic heterocycles. The second-order valence-corrected chi connectivity index (χ2v) is 4.49. The fourth-order valence-corrected chi connectivity index (χ4v) is 1.97. The molecule has 1 heterocycles. The minimum Gasteiger partial charge on any atom is -0.361 e. The average molecular weight is 283 g/mol. The first-order valence-electron chi connectivity index (χ1n) is 5.64. The Kier molecular flexibility index (Phi) is 3.85. The van der Waals surface area contributed by atoms with Crippen LogP contribution in [-0.4, -0.2) is 11.1 Å². The summed E-state index contributed by atoms with van der Waals surface area (Å²) in [7, 11) is 0. The Balaban J connectivity index is 2.15. The van der Waals surface area contributed by atoms with Gasteiger partial charge in [-0.3, -0.25) is 4.79 Å². The van der Waals surface area contributed by atoms with Crippen molar-refractivity contribution in [3.8, 4) is 0 Å². The highest BCUT2D eigenvalue weighted by atomic mass is 35.5. The summed E-state index contributed by atoms with van der Waals surface area (Å²) in [5, 5.41) is 6.46. The summed E-state index contributed by atoms with van der Waals surface area (Å²) in [4.78, 5) is 11.9. The number of rotatable bonds is 3. The zero-order valence-electron chi connectivity index (χ0n) is 10.5. The second kappa shape index (κ2) is 5.40. The molecule has 1 N–H and O–H groups in total. The van der Waals surface area contributed by atoms with Crippen molar-refractivity contribution in [2.24, 2.45) is 0 Å². The van der Waals surface area contributed by atoms with Gasteiger partial charge in [0.05, 0.1) is 16.3 Å². The minimum atomic E-state index is -0.649. The van der Waals surface area contributed by atoms with Crippen LogP contribution >= 0.6 is 11.6 Å². The maximum atomic E-state index is 13.5. The van der Waals surface area contributed by atoms with E-state index >= 15 is 0 Å². The number of nitrogens with zero attached hydrogens (tertiary/aromatic N) is 1. The van der Waals surface area contributed by atoms with E-state index in [1.807, 2.05) is 0 Å². The van der Waals surface area contributed by atoms with Crippen molar-refractivity contribution in [3.63, 3.8) is 0 Å². The Morgan fingerprint density at radius 3 is 2.79 bits per heavy atom. The largest absolute Gasteiger partial charge is 0.361 e. The molecule has 0 atom stereocenters. The maximum Gasteiger partial charge on any atom is 0.256 e. The number of nitrogens with one attached hydrogen (secondary N) is 1. The predicted octanol–water partition coefficient (Wildman–Crippen LogP) is 3.01. The molecule has 0 saturated carbocycles. The Hall–Kier alpha value is -1.88. The highest BCUT2D eigenvalue weighted by molar-refractivity contribution is 6.33. The number of carbonyl (C=O) groups excluding carboxylic acids is 1. The van der Waals surface area contributed by atoms with E-state index in [-0.39, 0.29) is 17.1 Å². The normalized spacial score (nSPS) is 10.5. The lowest BCUT2D eigenvalue weighted by atomic mass is 10.1. The highest BCUT2D eigenvalue weighted by Gasteiger charge is 2.17. The molecule has 2 aromatic rings. The zero-order valence-corrected chi connectivity index (χ0v) is 11.2. The molecule has 1 aromatic carbocycles. The third kappa shape index (κ3) is 2.76. The van der Waals surface area contributed by atoms with Crippen molar-refractivity contribution in [1.82, 2.24) is 10.5 Å². The second-order valence-electron chi connectivity index (χ2n) is 4.08. The van der Waals surface area contributed by atoms with Crippen molar-refractivity contribution in [3.05, 3.63) is 51.6 Å². The standard InChI is InChI=1S/C13H12ClFN2O2/c1-7-9(8(2)19-17-7)6-16-13(18)12-10(14)4-3-5-11(12)15/h3-5H,6H2,1-2H3,(H,16,18). The molecule has 0 bridgehead atoms. The SMILES string of the molecule is Cc1noc(C)c1CNC(=O)c1c(F)cccc1Cl. The number of carbonyl (C=O) groups is 1. The Morgan fingerprint density at radius 2 is 2.21 bits per heavy atom. The number of amides is 1. The first-order valence-corrected chi connectivity index (χ1v) is 6.02. The van der Waals surface area contributed by atoms with Crippen LogP contribution in [0.1, 0.15) is 27.4 Å². The number of aryl methyl sites for hydroxylation is 2. The zero-order chi connectivity index (χ0) is 14.0. The Bertz CT molecular complexity index is 585. The molecule has 6 heteroatoms. The topological polar surface area (TPSA) is 55.1 Å². The fourth-order valence-electron chi connectivity index (χ4n) is 1.73. The van der Waals surface area contributed by atoms with E-state index in [2.05, 4.69) is 10.5 Å². The highest BCUT2D eigenvalue weighted by Crippen LogP contribution is 2.19. The van der Waals surface area contributed by atoms with Crippen LogP contribution in [0.2, 0.25) is 5.02 Å². The van der Waals surface area contributed by atoms with Gasteiger partial charge in [0.25, 0.3) is 5.91 Å². The smallest absolute Gasteiger partial charge is 0.256 e. The summed E-state index contributed by atoms with van der Waals surface area (Å²) in [6, 6.07) is 4.11. The maximum absolute atomic E-state index is 13.5. The predicted molar refractivity (Wildman–Crippen MR) is 68.6 cm³/mol. The molecule has 1 amide bonds. The molecule has 0 aliphatic carbocycles. The van der Waals surface area contributed by atoms with Crippen LogP contribution in [0, 0.1) is 19.7 Å². The monoisotopic (exact) mass is 282 g/mol. The van der Waals surface area contributed by atoms with Gasteiger partial charge in [0, 0.05) is 12.1 Å². The van der Waals surface area contributed by atoms with Crippen LogP contribution in [0.15, 0.2) is 22.7 Å². The number of benzene rings is 1. The number of halogens is 2. The summed E-state index contributed by atoms with van der Waals surface area (Å²) in [6.07, 6.45) is 0. The molecule has 4 nitrogen and oxygen atoms in total. The molecular weight excluding hydrogens is 271 g/mol. The minimum absolute atomic E-state index is 0.0799. The van der Waals surface area contributed by atoms with Gasteiger partial charge in [-0.05, 0) is 26.0 Å². The lowest BCUT2D eigenvalue weighted by Gasteiger charge is -2.07. The van der Waals surface area contributed by atoms with E-state index in [1.54, 1.807) is 13.8 Å². The Morgan fingerprint density at radius 1 is 1.47 bits per heavy atom. The number of hydrogen-bond donors (Lipinski definition) is 1. The molecule has 0 fully saturated rings. The number of aromatic nitrogens is 1. The van der Waals surface area contributed by atoms with Gasteiger partial charge in [0.1, 0.15) is 11.6 Å². The molecule has 100 valence electrons. The number of hydrogen-bond acceptors (Lipinski definition) is 3. The average Bonchev–Trinajstić information content (AvgIpc) is 2.66. The summed E-state index contributed by atoms with van der Waals surface area (Å²) >= 11 is 5.82. The van der Waals surface area contributed by atoms with Gasteiger partial charge >= 0.3 is 0 Å². The molecule has 19 heavy (non-hydrogen) atoms. The summed E-state index contributed by atoms with van der Waals surface area (Å²) in [6.45, 7) is 3.73. The third-order valence-electron chi connectivity index (χ3n) is 2.80. The van der Waals surface area contributed by atoms with Gasteiger partial charge < -0.3 is 9.84 Å². The van der Waals surface area contributed by atoms with E-state index in [4.69, 9.17) is 16.1 Å². The summed E-state index contributed by atoms with van der Waals surface area (Å²) in [5.41, 5.74) is 1.31. The van der Waals surface area contributed by atoms with Gasteiger partial charge in [0.2, 0.25) is 0 Å². The van der Waals surface area contributed by atoms with Crippen molar-refractivity contribution >= 4 is 17.5 Å². The van der Waals surface area contributed by atoms with Crippen LogP contribution in [0.25, 0.3) is 0 Å². The lowest BCUT2D eigenvalue weighted by Crippen LogP contribution is -2.24. The van der Waals surface area contributed by atoms with E-state index < -0.39 is 11.7 Å². The van der Waals surface area contributed by atoms with E-state index in [0.29, 0.717) is 11.5 Å². The van der Waals surface area contributed by atoms with Gasteiger partial charge in [0.15, 0.2) is 0 Å². The van der Waals surface area contributed by atoms with E-state index in [9.17, 15) is 9.18 Å². The molecule has 0 aliphatic rings. The van der Waals surface area contributed by atoms with Crippen molar-refractivity contribution in [1.29, 1.82) is 0 Å². The van der Waals surface area contributed by atoms with Gasteiger partial charge in [-0.25, -0.2) is 4.39 Å². The van der Waals surface area contributed by atoms with Crippen molar-refractivity contribution < 1.29 is 13.7 Å². The molecular formula is C13H12ClFN2O2. The van der Waals surface area contributed by atoms with Gasteiger partial charge in [-0.2, -0.15) is 0 Å².